The lowest BCUT2D eigenvalue weighted by molar-refractivity contribution is -0.0706. The van der Waals surface area contributed by atoms with Crippen LogP contribution in [0.25, 0.3) is 11.2 Å². The molecule has 0 radical (unpaired) electrons. The van der Waals surface area contributed by atoms with Crippen molar-refractivity contribution in [3.8, 4) is 5.88 Å². The van der Waals surface area contributed by atoms with Gasteiger partial charge in [-0.2, -0.15) is 9.97 Å². The van der Waals surface area contributed by atoms with E-state index in [-0.39, 0.29) is 37.3 Å². The van der Waals surface area contributed by atoms with Crippen molar-refractivity contribution in [1.82, 2.24) is 19.5 Å². The van der Waals surface area contributed by atoms with Crippen LogP contribution in [0, 0.1) is 0 Å². The lowest BCUT2D eigenvalue weighted by Crippen LogP contribution is -2.44. The Bertz CT molecular complexity index is 1230. The van der Waals surface area contributed by atoms with Gasteiger partial charge in [-0.3, -0.25) is 18.1 Å². The van der Waals surface area contributed by atoms with E-state index in [1.165, 1.54) is 17.8 Å². The van der Waals surface area contributed by atoms with E-state index in [2.05, 4.69) is 15.0 Å². The minimum absolute atomic E-state index is 0.0645. The average molecular weight is 493 g/mol. The van der Waals surface area contributed by atoms with Gasteiger partial charge in [0.05, 0.1) is 19.5 Å². The number of rotatable bonds is 7. The Kier molecular flexibility index (Phi) is 6.03. The lowest BCUT2D eigenvalue weighted by Gasteiger charge is -2.33. The van der Waals surface area contributed by atoms with Crippen molar-refractivity contribution in [3.05, 3.63) is 42.2 Å². The summed E-state index contributed by atoms with van der Waals surface area (Å²) in [6.45, 7) is 3.42. The second kappa shape index (κ2) is 8.86. The largest absolute Gasteiger partial charge is 0.475 e. The Hall–Kier alpha value is -2.63. The van der Waals surface area contributed by atoms with Crippen LogP contribution in [0.3, 0.4) is 0 Å². The first-order valence-electron chi connectivity index (χ1n) is 10.9. The molecule has 2 aliphatic rings. The Labute approximate surface area is 195 Å². The number of anilines is 1. The van der Waals surface area contributed by atoms with Crippen molar-refractivity contribution >= 4 is 24.9 Å². The van der Waals surface area contributed by atoms with Gasteiger partial charge in [0.2, 0.25) is 11.8 Å². The molecule has 0 amide bonds. The van der Waals surface area contributed by atoms with Gasteiger partial charge in [-0.25, -0.2) is 13.9 Å². The summed E-state index contributed by atoms with van der Waals surface area (Å²) in [5.41, 5.74) is 5.26. The minimum atomic E-state index is -3.90. The molecule has 11 nitrogen and oxygen atoms in total. The number of nitrogen functional groups attached to an aromatic ring is 1. The quantitative estimate of drug-likeness (QED) is 0.487. The molecule has 5 atom stereocenters. The summed E-state index contributed by atoms with van der Waals surface area (Å²) >= 11 is 0. The Morgan fingerprint density at radius 2 is 2.12 bits per heavy atom. The van der Waals surface area contributed by atoms with E-state index in [9.17, 15) is 4.57 Å². The highest BCUT2D eigenvalue weighted by molar-refractivity contribution is 7.48. The van der Waals surface area contributed by atoms with Crippen LogP contribution in [-0.4, -0.2) is 50.6 Å². The van der Waals surface area contributed by atoms with Crippen LogP contribution < -0.4 is 10.5 Å². The molecule has 5 rings (SSSR count). The molecular formula is C21H25FN5O6P. The molecule has 182 valence electrons. The number of nitrogens with two attached hydrogens (primary N) is 1. The van der Waals surface area contributed by atoms with E-state index in [0.29, 0.717) is 11.9 Å². The molecule has 0 bridgehead atoms. The third-order valence-electron chi connectivity index (χ3n) is 5.65. The maximum absolute atomic E-state index is 16.1. The highest BCUT2D eigenvalue weighted by atomic mass is 31.2. The number of imidazole rings is 1. The number of halogens is 1. The summed E-state index contributed by atoms with van der Waals surface area (Å²) in [5.74, 6) is 0.100. The Morgan fingerprint density at radius 1 is 1.32 bits per heavy atom. The zero-order valence-electron chi connectivity index (χ0n) is 18.7. The molecule has 1 aromatic carbocycles. The first-order chi connectivity index (χ1) is 16.3. The van der Waals surface area contributed by atoms with Crippen molar-refractivity contribution < 1.29 is 32.0 Å². The summed E-state index contributed by atoms with van der Waals surface area (Å²) in [7, 11) is -3.90. The highest BCUT2D eigenvalue weighted by Crippen LogP contribution is 2.59. The van der Waals surface area contributed by atoms with E-state index < -0.39 is 31.9 Å². The van der Waals surface area contributed by atoms with Crippen LogP contribution in [0.5, 0.6) is 5.88 Å². The number of hydrogen-bond acceptors (Lipinski definition) is 10. The molecule has 2 aliphatic heterocycles. The smallest absolute Gasteiger partial charge is 0.471 e. The SMILES string of the molecule is CCCO[P@]1(=O)OC[C@H]2O[C@@H](n3cnc4c(OCc5ccccc5)nc(N)nc43)[C@](C)(F)[C@@H]2O1. The summed E-state index contributed by atoms with van der Waals surface area (Å²) in [6, 6.07) is 9.52. The second-order valence-corrected chi connectivity index (χ2v) is 9.89. The molecule has 34 heavy (non-hydrogen) atoms. The molecule has 0 aliphatic carbocycles. The van der Waals surface area contributed by atoms with Crippen LogP contribution in [0.15, 0.2) is 36.7 Å². The molecule has 0 spiro atoms. The number of phosphoric acid groups is 1. The van der Waals surface area contributed by atoms with Crippen molar-refractivity contribution in [1.29, 1.82) is 0 Å². The molecule has 0 saturated carbocycles. The fraction of sp³-hybridized carbons (Fsp3) is 0.476. The van der Waals surface area contributed by atoms with E-state index >= 15 is 4.39 Å². The van der Waals surface area contributed by atoms with Crippen molar-refractivity contribution in [2.24, 2.45) is 0 Å². The standard InChI is InChI=1S/C21H25FN5O6P/c1-3-9-30-34(28)31-11-14-16(33-34)21(2,22)19(32-14)27-12-24-15-17(27)25-20(23)26-18(15)29-10-13-7-5-4-6-8-13/h4-8,12,14,16,19H,3,9-11H2,1-2H3,(H2,23,25,26)/t14-,16-,19-,21-,34-/m1/s1. The summed E-state index contributed by atoms with van der Waals surface area (Å²) in [5, 5.41) is 0. The Balaban J connectivity index is 1.43. The van der Waals surface area contributed by atoms with Crippen LogP contribution in [0.2, 0.25) is 0 Å². The zero-order valence-corrected chi connectivity index (χ0v) is 19.6. The third-order valence-corrected chi connectivity index (χ3v) is 7.10. The zero-order chi connectivity index (χ0) is 23.9. The molecular weight excluding hydrogens is 468 g/mol. The van der Waals surface area contributed by atoms with Gasteiger partial charge in [-0.05, 0) is 18.9 Å². The molecule has 2 fully saturated rings. The molecule has 2 saturated heterocycles. The second-order valence-electron chi connectivity index (χ2n) is 8.27. The van der Waals surface area contributed by atoms with Crippen LogP contribution in [0.1, 0.15) is 32.1 Å². The normalized spacial score (nSPS) is 31.0. The predicted molar refractivity (Wildman–Crippen MR) is 119 cm³/mol. The summed E-state index contributed by atoms with van der Waals surface area (Å²) in [4.78, 5) is 12.7. The third kappa shape index (κ3) is 4.16. The number of alkyl halides is 1. The average Bonchev–Trinajstić information content (AvgIpc) is 3.34. The summed E-state index contributed by atoms with van der Waals surface area (Å²) < 4.78 is 58.0. The fourth-order valence-corrected chi connectivity index (χ4v) is 5.57. The molecule has 4 heterocycles. The number of nitrogens with zero attached hydrogens (tertiary/aromatic N) is 4. The number of aromatic nitrogens is 4. The number of phosphoric ester groups is 1. The predicted octanol–water partition coefficient (Wildman–Crippen LogP) is 3.56. The van der Waals surface area contributed by atoms with Gasteiger partial charge in [-0.1, -0.05) is 37.3 Å². The van der Waals surface area contributed by atoms with Gasteiger partial charge in [0.15, 0.2) is 23.1 Å². The van der Waals surface area contributed by atoms with Crippen molar-refractivity contribution in [2.75, 3.05) is 18.9 Å². The van der Waals surface area contributed by atoms with E-state index in [1.54, 1.807) is 0 Å². The van der Waals surface area contributed by atoms with E-state index in [1.807, 2.05) is 37.3 Å². The monoisotopic (exact) mass is 493 g/mol. The highest BCUT2D eigenvalue weighted by Gasteiger charge is 2.61. The first kappa shape index (κ1) is 23.1. The number of ether oxygens (including phenoxy) is 2. The van der Waals surface area contributed by atoms with Crippen LogP contribution >= 0.6 is 7.82 Å². The van der Waals surface area contributed by atoms with Crippen molar-refractivity contribution in [2.45, 2.75) is 51.0 Å². The number of benzene rings is 1. The molecule has 2 aromatic heterocycles. The van der Waals surface area contributed by atoms with Gasteiger partial charge >= 0.3 is 7.82 Å². The maximum atomic E-state index is 16.1. The van der Waals surface area contributed by atoms with Crippen LogP contribution in [0.4, 0.5) is 10.3 Å². The van der Waals surface area contributed by atoms with Gasteiger partial charge in [0, 0.05) is 0 Å². The number of hydrogen-bond donors (Lipinski definition) is 1. The van der Waals surface area contributed by atoms with Gasteiger partial charge in [0.25, 0.3) is 0 Å². The van der Waals surface area contributed by atoms with Gasteiger partial charge in [-0.15, -0.1) is 0 Å². The van der Waals surface area contributed by atoms with E-state index in [4.69, 9.17) is 28.8 Å². The minimum Gasteiger partial charge on any atom is -0.471 e. The van der Waals surface area contributed by atoms with E-state index in [0.717, 1.165) is 5.56 Å². The fourth-order valence-electron chi connectivity index (χ4n) is 4.02. The maximum Gasteiger partial charge on any atom is 0.475 e. The molecule has 13 heteroatoms. The van der Waals surface area contributed by atoms with Crippen molar-refractivity contribution in [3.63, 3.8) is 0 Å². The summed E-state index contributed by atoms with van der Waals surface area (Å²) in [6.07, 6.45) is -1.21. The lowest BCUT2D eigenvalue weighted by atomic mass is 9.98. The molecule has 0 unspecified atom stereocenters. The topological polar surface area (TPSA) is 133 Å². The molecule has 2 N–H and O–H groups in total. The van der Waals surface area contributed by atoms with Gasteiger partial charge < -0.3 is 15.2 Å². The van der Waals surface area contributed by atoms with Gasteiger partial charge in [0.1, 0.15) is 18.8 Å². The van der Waals surface area contributed by atoms with Crippen LogP contribution in [-0.2, 0) is 29.5 Å². The Morgan fingerprint density at radius 3 is 2.88 bits per heavy atom. The first-order valence-corrected chi connectivity index (χ1v) is 12.4. The number of fused-ring (bicyclic) bond motifs is 2. The molecule has 3 aromatic rings.